The van der Waals surface area contributed by atoms with E-state index in [9.17, 15) is 27.9 Å². The van der Waals surface area contributed by atoms with Gasteiger partial charge in [-0.2, -0.15) is 18.4 Å². The highest BCUT2D eigenvalue weighted by atomic mass is 32.2. The van der Waals surface area contributed by atoms with Crippen molar-refractivity contribution in [3.05, 3.63) is 58.0 Å². The van der Waals surface area contributed by atoms with Gasteiger partial charge in [0.25, 0.3) is 11.1 Å². The van der Waals surface area contributed by atoms with Crippen LogP contribution < -0.4 is 4.74 Å². The molecule has 11 heteroatoms. The number of hydrogen-bond donors (Lipinski definition) is 1. The SMILES string of the molecule is N#Cc1ccc(Oc2ccc(/C=C3\SC(=O)N(CCN4CCCCC4)C3=O)cc2O)c(C(F)(F)F)c1. The van der Waals surface area contributed by atoms with E-state index in [4.69, 9.17) is 10.00 Å². The summed E-state index contributed by atoms with van der Waals surface area (Å²) >= 11 is 0.800. The number of alkyl halides is 3. The predicted molar refractivity (Wildman–Crippen MR) is 127 cm³/mol. The number of phenols is 1. The standard InChI is InChI=1S/C25H22F3N3O4S/c26-25(27,28)18-12-17(15-29)5-6-20(18)35-21-7-4-16(13-19(21)32)14-22-23(33)31(24(34)36-22)11-10-30-8-2-1-3-9-30/h4-7,12-14,32H,1-3,8-11H2/b22-14-. The van der Waals surface area contributed by atoms with Crippen molar-refractivity contribution in [1.29, 1.82) is 5.26 Å². The normalized spacial score (nSPS) is 18.1. The Morgan fingerprint density at radius 2 is 1.78 bits per heavy atom. The number of amides is 2. The molecule has 0 bridgehead atoms. The van der Waals surface area contributed by atoms with Crippen LogP contribution >= 0.6 is 11.8 Å². The molecule has 0 spiro atoms. The molecule has 1 N–H and O–H groups in total. The molecule has 2 amide bonds. The lowest BCUT2D eigenvalue weighted by Crippen LogP contribution is -2.39. The van der Waals surface area contributed by atoms with E-state index in [1.807, 2.05) is 0 Å². The fourth-order valence-corrected chi connectivity index (χ4v) is 4.87. The third-order valence-electron chi connectivity index (χ3n) is 5.88. The average molecular weight is 518 g/mol. The van der Waals surface area contributed by atoms with Crippen molar-refractivity contribution in [1.82, 2.24) is 9.80 Å². The van der Waals surface area contributed by atoms with Gasteiger partial charge in [-0.05, 0) is 79.7 Å². The zero-order chi connectivity index (χ0) is 25.9. The predicted octanol–water partition coefficient (Wildman–Crippen LogP) is 5.60. The molecule has 2 saturated heterocycles. The molecule has 2 aromatic rings. The second-order valence-corrected chi connectivity index (χ2v) is 9.38. The number of imide groups is 1. The molecule has 0 unspecified atom stereocenters. The molecule has 2 fully saturated rings. The summed E-state index contributed by atoms with van der Waals surface area (Å²) in [5, 5.41) is 18.9. The van der Waals surface area contributed by atoms with E-state index in [2.05, 4.69) is 4.90 Å². The van der Waals surface area contributed by atoms with Gasteiger partial charge in [-0.15, -0.1) is 0 Å². The van der Waals surface area contributed by atoms with Gasteiger partial charge in [-0.25, -0.2) is 0 Å². The van der Waals surface area contributed by atoms with Crippen molar-refractivity contribution >= 4 is 29.0 Å². The molecule has 0 atom stereocenters. The van der Waals surface area contributed by atoms with Crippen molar-refractivity contribution in [2.45, 2.75) is 25.4 Å². The lowest BCUT2D eigenvalue weighted by molar-refractivity contribution is -0.138. The number of hydrogen-bond acceptors (Lipinski definition) is 7. The largest absolute Gasteiger partial charge is 0.504 e. The summed E-state index contributed by atoms with van der Waals surface area (Å²) in [5.41, 5.74) is -0.959. The number of carbonyl (C=O) groups excluding carboxylic acids is 2. The summed E-state index contributed by atoms with van der Waals surface area (Å²) in [4.78, 5) is 28.7. The fraction of sp³-hybridized carbons (Fsp3) is 0.320. The van der Waals surface area contributed by atoms with Gasteiger partial charge in [0.15, 0.2) is 11.5 Å². The van der Waals surface area contributed by atoms with E-state index in [-0.39, 0.29) is 21.5 Å². The summed E-state index contributed by atoms with van der Waals surface area (Å²) in [7, 11) is 0. The minimum absolute atomic E-state index is 0.181. The van der Waals surface area contributed by atoms with Crippen LogP contribution in [0.3, 0.4) is 0 Å². The first-order valence-corrected chi connectivity index (χ1v) is 12.1. The minimum atomic E-state index is -4.77. The van der Waals surface area contributed by atoms with E-state index in [0.29, 0.717) is 24.7 Å². The first-order chi connectivity index (χ1) is 17.2. The Bertz CT molecular complexity index is 1250. The minimum Gasteiger partial charge on any atom is -0.504 e. The van der Waals surface area contributed by atoms with E-state index < -0.39 is 29.1 Å². The Balaban J connectivity index is 1.48. The van der Waals surface area contributed by atoms with Gasteiger partial charge < -0.3 is 14.7 Å². The lowest BCUT2D eigenvalue weighted by atomic mass is 10.1. The number of halogens is 3. The zero-order valence-electron chi connectivity index (χ0n) is 19.0. The first-order valence-electron chi connectivity index (χ1n) is 11.3. The van der Waals surface area contributed by atoms with Crippen LogP contribution in [0, 0.1) is 11.3 Å². The van der Waals surface area contributed by atoms with Gasteiger partial charge in [0.1, 0.15) is 5.75 Å². The summed E-state index contributed by atoms with van der Waals surface area (Å²) in [6.07, 6.45) is 0.0721. The molecule has 2 aromatic carbocycles. The highest BCUT2D eigenvalue weighted by molar-refractivity contribution is 8.18. The van der Waals surface area contributed by atoms with Gasteiger partial charge in [-0.1, -0.05) is 12.5 Å². The monoisotopic (exact) mass is 517 g/mol. The fourth-order valence-electron chi connectivity index (χ4n) is 4.01. The third-order valence-corrected chi connectivity index (χ3v) is 6.78. The van der Waals surface area contributed by atoms with Crippen LogP contribution in [0.15, 0.2) is 41.3 Å². The second kappa shape index (κ2) is 10.6. The van der Waals surface area contributed by atoms with Crippen LogP contribution in [0.1, 0.15) is 36.0 Å². The van der Waals surface area contributed by atoms with E-state index in [1.54, 1.807) is 6.07 Å². The van der Waals surface area contributed by atoms with Crippen LogP contribution in [0.2, 0.25) is 0 Å². The molecule has 36 heavy (non-hydrogen) atoms. The van der Waals surface area contributed by atoms with Crippen molar-refractivity contribution < 1.29 is 32.6 Å². The van der Waals surface area contributed by atoms with Crippen molar-refractivity contribution in [3.63, 3.8) is 0 Å². The molecule has 4 rings (SSSR count). The van der Waals surface area contributed by atoms with Gasteiger partial charge in [0.2, 0.25) is 0 Å². The number of phenolic OH excluding ortho intramolecular Hbond substituents is 1. The number of likely N-dealkylation sites (tertiary alicyclic amines) is 1. The molecule has 0 saturated carbocycles. The van der Waals surface area contributed by atoms with Crippen LogP contribution in [0.5, 0.6) is 17.2 Å². The topological polar surface area (TPSA) is 93.9 Å². The van der Waals surface area contributed by atoms with E-state index in [0.717, 1.165) is 43.8 Å². The number of ether oxygens (including phenoxy) is 1. The van der Waals surface area contributed by atoms with Gasteiger partial charge in [0, 0.05) is 13.1 Å². The van der Waals surface area contributed by atoms with Crippen molar-refractivity contribution in [3.8, 4) is 23.3 Å². The quantitative estimate of drug-likeness (QED) is 0.499. The number of thioether (sulfide) groups is 1. The van der Waals surface area contributed by atoms with Crippen molar-refractivity contribution in [2.75, 3.05) is 26.2 Å². The maximum absolute atomic E-state index is 13.4. The highest BCUT2D eigenvalue weighted by Gasteiger charge is 2.36. The highest BCUT2D eigenvalue weighted by Crippen LogP contribution is 2.41. The molecule has 0 aromatic heterocycles. The number of nitriles is 1. The average Bonchev–Trinajstić information content (AvgIpc) is 3.11. The molecular formula is C25H22F3N3O4S. The molecule has 0 radical (unpaired) electrons. The molecule has 0 aliphatic carbocycles. The molecule has 2 aliphatic rings. The second-order valence-electron chi connectivity index (χ2n) is 8.39. The molecule has 2 heterocycles. The van der Waals surface area contributed by atoms with Crippen LogP contribution in [-0.2, 0) is 11.0 Å². The number of carbonyl (C=O) groups is 2. The number of nitrogens with zero attached hydrogens (tertiary/aromatic N) is 3. The number of aromatic hydroxyl groups is 1. The number of benzene rings is 2. The smallest absolute Gasteiger partial charge is 0.420 e. The van der Waals surface area contributed by atoms with Gasteiger partial charge >= 0.3 is 6.18 Å². The molecule has 188 valence electrons. The van der Waals surface area contributed by atoms with E-state index in [1.165, 1.54) is 41.7 Å². The van der Waals surface area contributed by atoms with Gasteiger partial charge in [0.05, 0.1) is 22.1 Å². The summed E-state index contributed by atoms with van der Waals surface area (Å²) in [5.74, 6) is -1.68. The summed E-state index contributed by atoms with van der Waals surface area (Å²) < 4.78 is 45.5. The van der Waals surface area contributed by atoms with Crippen LogP contribution in [0.25, 0.3) is 6.08 Å². The zero-order valence-corrected chi connectivity index (χ0v) is 19.9. The Labute approximate surface area is 209 Å². The van der Waals surface area contributed by atoms with Crippen LogP contribution in [0.4, 0.5) is 18.0 Å². The molecular weight excluding hydrogens is 495 g/mol. The molecule has 2 aliphatic heterocycles. The van der Waals surface area contributed by atoms with Crippen LogP contribution in [-0.4, -0.2) is 52.2 Å². The summed E-state index contributed by atoms with van der Waals surface area (Å²) in [6.45, 7) is 2.82. The van der Waals surface area contributed by atoms with Gasteiger partial charge in [-0.3, -0.25) is 14.5 Å². The summed E-state index contributed by atoms with van der Waals surface area (Å²) in [6, 6.07) is 8.45. The Morgan fingerprint density at radius 1 is 1.06 bits per heavy atom. The Morgan fingerprint density at radius 3 is 2.44 bits per heavy atom. The van der Waals surface area contributed by atoms with E-state index >= 15 is 0 Å². The Kier molecular flexibility index (Phi) is 7.56. The third kappa shape index (κ3) is 5.83. The van der Waals surface area contributed by atoms with Crippen molar-refractivity contribution in [2.24, 2.45) is 0 Å². The lowest BCUT2D eigenvalue weighted by Gasteiger charge is -2.27. The number of rotatable bonds is 6. The maximum Gasteiger partial charge on any atom is 0.420 e. The Hall–Kier alpha value is -3.49. The number of piperidine rings is 1. The maximum atomic E-state index is 13.4. The molecule has 7 nitrogen and oxygen atoms in total. The first kappa shape index (κ1) is 25.6.